The number of alkyl halides is 5. The van der Waals surface area contributed by atoms with E-state index in [9.17, 15) is 32.3 Å². The quantitative estimate of drug-likeness (QED) is 0.0978. The van der Waals surface area contributed by atoms with Crippen molar-refractivity contribution in [2.45, 2.75) is 76.6 Å². The number of nitriles is 1. The van der Waals surface area contributed by atoms with Gasteiger partial charge in [0.25, 0.3) is 11.8 Å². The number of benzene rings is 2. The van der Waals surface area contributed by atoms with E-state index in [1.807, 2.05) is 4.90 Å². The molecule has 3 N–H and O–H groups in total. The van der Waals surface area contributed by atoms with Crippen molar-refractivity contribution in [2.75, 3.05) is 46.7 Å². The normalized spacial score (nSPS) is 19.0. The number of amides is 4. The Morgan fingerprint density at radius 3 is 2.37 bits per heavy atom. The van der Waals surface area contributed by atoms with E-state index in [0.717, 1.165) is 30.0 Å². The number of likely N-dealkylation sites (tertiary alicyclic amines) is 1. The highest BCUT2D eigenvalue weighted by molar-refractivity contribution is 7.81. The Morgan fingerprint density at radius 2 is 1.72 bits per heavy atom. The average molecular weight is 875 g/mol. The van der Waals surface area contributed by atoms with E-state index in [0.29, 0.717) is 55.3 Å². The lowest BCUT2D eigenvalue weighted by Gasteiger charge is -2.32. The van der Waals surface area contributed by atoms with Crippen LogP contribution in [0.1, 0.15) is 69.7 Å². The number of ether oxygens (including phenoxy) is 1. The summed E-state index contributed by atoms with van der Waals surface area (Å²) < 4.78 is 77.3. The molecule has 0 radical (unpaired) electrons. The summed E-state index contributed by atoms with van der Waals surface area (Å²) in [6.07, 6.45) is -1.49. The molecule has 3 fully saturated rings. The number of imide groups is 1. The number of nitrogens with zero attached hydrogens (tertiary/aromatic N) is 5. The maximum absolute atomic E-state index is 15.1. The van der Waals surface area contributed by atoms with Crippen molar-refractivity contribution in [1.82, 2.24) is 15.2 Å². The van der Waals surface area contributed by atoms with E-state index < -0.39 is 52.3 Å². The van der Waals surface area contributed by atoms with Gasteiger partial charge in [-0.1, -0.05) is 11.6 Å². The maximum Gasteiger partial charge on any atom is 0.419 e. The topological polar surface area (TPSA) is 160 Å². The first kappa shape index (κ1) is 44.1. The Morgan fingerprint density at radius 1 is 1.03 bits per heavy atom. The molecule has 13 nitrogen and oxygen atoms in total. The van der Waals surface area contributed by atoms with Gasteiger partial charge in [-0.25, -0.2) is 13.8 Å². The van der Waals surface area contributed by atoms with Gasteiger partial charge in [0, 0.05) is 35.4 Å². The Hall–Kier alpha value is -5.45. The number of aromatic nitrogens is 1. The van der Waals surface area contributed by atoms with Crippen molar-refractivity contribution in [3.05, 3.63) is 70.5 Å². The molecular formula is C40H40ClF5N8O5S. The zero-order chi connectivity index (χ0) is 43.7. The molecule has 3 aliphatic rings. The van der Waals surface area contributed by atoms with Gasteiger partial charge >= 0.3 is 6.18 Å². The molecule has 60 heavy (non-hydrogen) atoms. The van der Waals surface area contributed by atoms with Gasteiger partial charge in [-0.2, -0.15) is 18.4 Å². The fourth-order valence-corrected chi connectivity index (χ4v) is 8.17. The second kappa shape index (κ2) is 17.3. The van der Waals surface area contributed by atoms with Crippen LogP contribution in [0.4, 0.5) is 44.7 Å². The van der Waals surface area contributed by atoms with Crippen molar-refractivity contribution in [2.24, 2.45) is 5.92 Å². The Balaban J connectivity index is 1.04. The Bertz CT molecular complexity index is 2260. The maximum atomic E-state index is 15.1. The van der Waals surface area contributed by atoms with Gasteiger partial charge in [0.15, 0.2) is 10.8 Å². The summed E-state index contributed by atoms with van der Waals surface area (Å²) in [6.45, 7) is 5.06. The van der Waals surface area contributed by atoms with E-state index in [1.54, 1.807) is 18.2 Å². The standard InChI is InChI=1S/C40H40ClF5N8O5S/c1-38(2)36(58)53(27-18-28(40(44,45)46)31(19-47)48-20-27)37(60)54(38)26-4-6-32(29(17-26)39(3,42)43)59-13-10-22-8-11-52(12-9-22)21-34(56)50-25-15-23(41)14-24(16-25)49-30-5-7-33(55)51-35(30)57/h4,6,14-18,20,22,30,49H,5,7-13,21H2,1-3H3,(H,50,56)(H,51,55,57). The fraction of sp³-hybridized carbons (Fsp3) is 0.425. The summed E-state index contributed by atoms with van der Waals surface area (Å²) in [6, 6.07) is 10.1. The molecule has 0 bridgehead atoms. The molecular weight excluding hydrogens is 835 g/mol. The second-order valence-electron chi connectivity index (χ2n) is 15.4. The molecule has 0 saturated carbocycles. The van der Waals surface area contributed by atoms with Crippen molar-refractivity contribution >= 4 is 75.3 Å². The molecule has 3 aliphatic heterocycles. The lowest BCUT2D eigenvalue weighted by Crippen LogP contribution is -2.47. The van der Waals surface area contributed by atoms with E-state index >= 15 is 8.78 Å². The predicted molar refractivity (Wildman–Crippen MR) is 216 cm³/mol. The minimum absolute atomic E-state index is 0.0819. The van der Waals surface area contributed by atoms with Crippen LogP contribution in [0.3, 0.4) is 0 Å². The molecule has 6 rings (SSSR count). The van der Waals surface area contributed by atoms with Gasteiger partial charge in [-0.15, -0.1) is 0 Å². The predicted octanol–water partition coefficient (Wildman–Crippen LogP) is 6.99. The molecule has 2 aromatic carbocycles. The zero-order valence-corrected chi connectivity index (χ0v) is 34.2. The summed E-state index contributed by atoms with van der Waals surface area (Å²) in [5, 5.41) is 17.4. The number of pyridine rings is 1. The van der Waals surface area contributed by atoms with E-state index in [2.05, 4.69) is 20.9 Å². The largest absolute Gasteiger partial charge is 0.493 e. The Labute approximate surface area is 352 Å². The van der Waals surface area contributed by atoms with Crippen molar-refractivity contribution in [1.29, 1.82) is 5.26 Å². The molecule has 0 aliphatic carbocycles. The van der Waals surface area contributed by atoms with E-state index in [4.69, 9.17) is 33.8 Å². The van der Waals surface area contributed by atoms with Crippen LogP contribution in [0.2, 0.25) is 5.02 Å². The first-order valence-electron chi connectivity index (χ1n) is 18.9. The fourth-order valence-electron chi connectivity index (χ4n) is 7.41. The van der Waals surface area contributed by atoms with Crippen LogP contribution in [-0.2, 0) is 31.3 Å². The lowest BCUT2D eigenvalue weighted by molar-refractivity contribution is -0.138. The number of anilines is 4. The molecule has 4 amide bonds. The van der Waals surface area contributed by atoms with Crippen molar-refractivity contribution < 1.29 is 45.9 Å². The summed E-state index contributed by atoms with van der Waals surface area (Å²) in [5.74, 6) is -5.07. The molecule has 0 spiro atoms. The minimum atomic E-state index is -4.95. The van der Waals surface area contributed by atoms with Crippen molar-refractivity contribution in [3.8, 4) is 11.8 Å². The third-order valence-corrected chi connectivity index (χ3v) is 11.1. The summed E-state index contributed by atoms with van der Waals surface area (Å²) in [7, 11) is 0. The number of hydrogen-bond donors (Lipinski definition) is 3. The van der Waals surface area contributed by atoms with Gasteiger partial charge in [0.05, 0.1) is 36.2 Å². The van der Waals surface area contributed by atoms with Gasteiger partial charge in [0.2, 0.25) is 17.7 Å². The number of thiocarbonyl (C=S) groups is 1. The number of hydrogen-bond acceptors (Lipinski definition) is 10. The van der Waals surface area contributed by atoms with Gasteiger partial charge in [-0.05, 0) is 113 Å². The number of piperidine rings is 2. The van der Waals surface area contributed by atoms with Gasteiger partial charge in [0.1, 0.15) is 23.4 Å². The molecule has 1 unspecified atom stereocenters. The zero-order valence-electron chi connectivity index (χ0n) is 32.6. The monoisotopic (exact) mass is 874 g/mol. The van der Waals surface area contributed by atoms with Crippen LogP contribution >= 0.6 is 23.8 Å². The smallest absolute Gasteiger partial charge is 0.419 e. The minimum Gasteiger partial charge on any atom is -0.493 e. The third kappa shape index (κ3) is 9.77. The number of nitrogens with one attached hydrogen (secondary N) is 3. The first-order chi connectivity index (χ1) is 28.1. The van der Waals surface area contributed by atoms with Crippen LogP contribution in [0.25, 0.3) is 0 Å². The summed E-state index contributed by atoms with van der Waals surface area (Å²) >= 11 is 11.8. The number of halogens is 6. The number of carbonyl (C=O) groups excluding carboxylic acids is 4. The Kier molecular flexibility index (Phi) is 12.7. The third-order valence-electron chi connectivity index (χ3n) is 10.5. The van der Waals surface area contributed by atoms with Crippen LogP contribution in [0, 0.1) is 17.2 Å². The average Bonchev–Trinajstić information content (AvgIpc) is 3.34. The second-order valence-corrected chi connectivity index (χ2v) is 16.2. The molecule has 1 aromatic heterocycles. The highest BCUT2D eigenvalue weighted by atomic mass is 35.5. The number of carbonyl (C=O) groups is 4. The van der Waals surface area contributed by atoms with Crippen LogP contribution < -0.4 is 30.5 Å². The van der Waals surface area contributed by atoms with Crippen LogP contribution in [0.15, 0.2) is 48.7 Å². The molecule has 318 valence electrons. The molecule has 3 aromatic rings. The SMILES string of the molecule is CC(F)(F)c1cc(N2C(=S)N(c3cnc(C#N)c(C(F)(F)F)c3)C(=O)C2(C)C)ccc1OCCC1CCN(CC(=O)Nc2cc(Cl)cc(NC3CCC(=O)NC3=O)c2)CC1. The van der Waals surface area contributed by atoms with Crippen LogP contribution in [0.5, 0.6) is 5.75 Å². The number of rotatable bonds is 12. The lowest BCUT2D eigenvalue weighted by atomic mass is 9.94. The van der Waals surface area contributed by atoms with Gasteiger partial charge in [-0.3, -0.25) is 34.3 Å². The van der Waals surface area contributed by atoms with E-state index in [-0.39, 0.29) is 59.5 Å². The van der Waals surface area contributed by atoms with Crippen molar-refractivity contribution in [3.63, 3.8) is 0 Å². The highest BCUT2D eigenvalue weighted by Crippen LogP contribution is 2.43. The van der Waals surface area contributed by atoms with Gasteiger partial charge < -0.3 is 20.3 Å². The molecule has 1 atom stereocenters. The molecule has 4 heterocycles. The summed E-state index contributed by atoms with van der Waals surface area (Å²) in [4.78, 5) is 57.9. The van der Waals surface area contributed by atoms with E-state index in [1.165, 1.54) is 36.9 Å². The highest BCUT2D eigenvalue weighted by Gasteiger charge is 2.51. The molecule has 20 heteroatoms. The first-order valence-corrected chi connectivity index (χ1v) is 19.7. The van der Waals surface area contributed by atoms with Crippen LogP contribution in [-0.4, -0.2) is 76.4 Å². The molecule has 3 saturated heterocycles. The summed E-state index contributed by atoms with van der Waals surface area (Å²) in [5.41, 5.74) is -3.55.